The van der Waals surface area contributed by atoms with E-state index in [0.717, 1.165) is 5.56 Å². The van der Waals surface area contributed by atoms with Crippen LogP contribution in [0.1, 0.15) is 12.5 Å². The number of allylic oxidation sites excluding steroid dienone is 3. The summed E-state index contributed by atoms with van der Waals surface area (Å²) in [6.45, 7) is 4.12. The molecule has 1 aromatic carbocycles. The van der Waals surface area contributed by atoms with Crippen molar-refractivity contribution in [2.75, 3.05) is 6.54 Å². The Labute approximate surface area is 103 Å². The molecule has 0 spiro atoms. The van der Waals surface area contributed by atoms with Gasteiger partial charge in [-0.1, -0.05) is 42.0 Å². The molecule has 0 aromatic heterocycles. The zero-order valence-electron chi connectivity index (χ0n) is 10.1. The number of nitrogens with one attached hydrogen (secondary N) is 1. The Morgan fingerprint density at radius 2 is 1.82 bits per heavy atom. The third-order valence-corrected chi connectivity index (χ3v) is 3.60. The Balaban J connectivity index is 2.66. The molecule has 0 radical (unpaired) electrons. The third kappa shape index (κ3) is 4.54. The minimum absolute atomic E-state index is 0.292. The van der Waals surface area contributed by atoms with E-state index in [2.05, 4.69) is 4.72 Å². The monoisotopic (exact) mass is 251 g/mol. The van der Waals surface area contributed by atoms with Gasteiger partial charge < -0.3 is 0 Å². The maximum absolute atomic E-state index is 11.8. The lowest BCUT2D eigenvalue weighted by Crippen LogP contribution is -2.23. The quantitative estimate of drug-likeness (QED) is 0.817. The fourth-order valence-corrected chi connectivity index (χ4v) is 2.19. The molecule has 1 aromatic rings. The molecular formula is C13H17NO2S. The fourth-order valence-electron chi connectivity index (χ4n) is 1.22. The SMILES string of the molecule is C/C=C/C=C/CNS(=O)(=O)c1ccc(C)cc1. The van der Waals surface area contributed by atoms with Crippen molar-refractivity contribution in [3.05, 3.63) is 54.1 Å². The van der Waals surface area contributed by atoms with Gasteiger partial charge in [-0.2, -0.15) is 0 Å². The highest BCUT2D eigenvalue weighted by molar-refractivity contribution is 7.89. The Bertz CT molecular complexity index is 499. The van der Waals surface area contributed by atoms with E-state index < -0.39 is 10.0 Å². The first-order valence-corrected chi connectivity index (χ1v) is 6.89. The largest absolute Gasteiger partial charge is 0.240 e. The second kappa shape index (κ2) is 6.37. The van der Waals surface area contributed by atoms with Gasteiger partial charge in [0.1, 0.15) is 0 Å². The number of hydrogen-bond acceptors (Lipinski definition) is 2. The molecule has 17 heavy (non-hydrogen) atoms. The lowest BCUT2D eigenvalue weighted by molar-refractivity contribution is 0.585. The van der Waals surface area contributed by atoms with Crippen molar-refractivity contribution in [1.29, 1.82) is 0 Å². The van der Waals surface area contributed by atoms with E-state index >= 15 is 0 Å². The Hall–Kier alpha value is -1.39. The molecule has 0 aliphatic heterocycles. The number of aryl methyl sites for hydroxylation is 1. The molecule has 0 atom stereocenters. The minimum atomic E-state index is -3.39. The smallest absolute Gasteiger partial charge is 0.207 e. The van der Waals surface area contributed by atoms with Crippen molar-refractivity contribution >= 4 is 10.0 Å². The normalized spacial score (nSPS) is 12.6. The maximum Gasteiger partial charge on any atom is 0.240 e. The molecule has 0 amide bonds. The van der Waals surface area contributed by atoms with Crippen molar-refractivity contribution < 1.29 is 8.42 Å². The molecule has 0 unspecified atom stereocenters. The highest BCUT2D eigenvalue weighted by atomic mass is 32.2. The average Bonchev–Trinajstić information content (AvgIpc) is 2.29. The highest BCUT2D eigenvalue weighted by Crippen LogP contribution is 2.09. The van der Waals surface area contributed by atoms with E-state index in [1.807, 2.05) is 26.0 Å². The molecule has 0 aliphatic carbocycles. The second-order valence-corrected chi connectivity index (χ2v) is 5.39. The van der Waals surface area contributed by atoms with Gasteiger partial charge in [0.15, 0.2) is 0 Å². The Kier molecular flexibility index (Phi) is 5.12. The summed E-state index contributed by atoms with van der Waals surface area (Å²) >= 11 is 0. The van der Waals surface area contributed by atoms with E-state index in [9.17, 15) is 8.42 Å². The Morgan fingerprint density at radius 1 is 1.18 bits per heavy atom. The van der Waals surface area contributed by atoms with Crippen LogP contribution in [0, 0.1) is 6.92 Å². The van der Waals surface area contributed by atoms with Crippen molar-refractivity contribution in [3.8, 4) is 0 Å². The fraction of sp³-hybridized carbons (Fsp3) is 0.231. The number of benzene rings is 1. The summed E-state index contributed by atoms with van der Waals surface area (Å²) in [4.78, 5) is 0.294. The average molecular weight is 251 g/mol. The first kappa shape index (κ1) is 13.7. The summed E-state index contributed by atoms with van der Waals surface area (Å²) in [5.41, 5.74) is 1.04. The molecule has 0 heterocycles. The molecule has 0 aliphatic rings. The van der Waals surface area contributed by atoms with Crippen LogP contribution in [0.5, 0.6) is 0 Å². The topological polar surface area (TPSA) is 46.2 Å². The van der Waals surface area contributed by atoms with Gasteiger partial charge in [0.25, 0.3) is 0 Å². The van der Waals surface area contributed by atoms with E-state index in [-0.39, 0.29) is 0 Å². The number of rotatable bonds is 5. The van der Waals surface area contributed by atoms with Gasteiger partial charge in [-0.15, -0.1) is 0 Å². The van der Waals surface area contributed by atoms with Crippen LogP contribution in [0.3, 0.4) is 0 Å². The van der Waals surface area contributed by atoms with Crippen LogP contribution in [0.25, 0.3) is 0 Å². The van der Waals surface area contributed by atoms with Crippen molar-refractivity contribution in [3.63, 3.8) is 0 Å². The zero-order chi connectivity index (χ0) is 12.7. The molecule has 0 saturated heterocycles. The highest BCUT2D eigenvalue weighted by Gasteiger charge is 2.11. The first-order valence-electron chi connectivity index (χ1n) is 5.40. The molecule has 1 rings (SSSR count). The standard InChI is InChI=1S/C13H17NO2S/c1-3-4-5-6-11-14-17(15,16)13-9-7-12(2)8-10-13/h3-10,14H,11H2,1-2H3/b4-3+,6-5+. The lowest BCUT2D eigenvalue weighted by Gasteiger charge is -2.04. The summed E-state index contributed by atoms with van der Waals surface area (Å²) < 4.78 is 26.1. The maximum atomic E-state index is 11.8. The molecule has 1 N–H and O–H groups in total. The van der Waals surface area contributed by atoms with Crippen LogP contribution in [-0.4, -0.2) is 15.0 Å². The van der Waals surface area contributed by atoms with E-state index in [0.29, 0.717) is 11.4 Å². The van der Waals surface area contributed by atoms with Crippen molar-refractivity contribution in [2.45, 2.75) is 18.7 Å². The van der Waals surface area contributed by atoms with Crippen LogP contribution < -0.4 is 4.72 Å². The van der Waals surface area contributed by atoms with Crippen LogP contribution in [0.15, 0.2) is 53.5 Å². The summed E-state index contributed by atoms with van der Waals surface area (Å²) in [6.07, 6.45) is 7.29. The Morgan fingerprint density at radius 3 is 2.41 bits per heavy atom. The van der Waals surface area contributed by atoms with E-state index in [4.69, 9.17) is 0 Å². The molecule has 3 nitrogen and oxygen atoms in total. The summed E-state index contributed by atoms with van der Waals surface area (Å²) in [6, 6.07) is 6.77. The van der Waals surface area contributed by atoms with Crippen molar-refractivity contribution in [2.24, 2.45) is 0 Å². The summed E-state index contributed by atoms with van der Waals surface area (Å²) in [5, 5.41) is 0. The minimum Gasteiger partial charge on any atom is -0.207 e. The molecule has 4 heteroatoms. The van der Waals surface area contributed by atoms with Crippen LogP contribution in [0.2, 0.25) is 0 Å². The van der Waals surface area contributed by atoms with Crippen molar-refractivity contribution in [1.82, 2.24) is 4.72 Å². The molecular weight excluding hydrogens is 234 g/mol. The van der Waals surface area contributed by atoms with Gasteiger partial charge in [0.05, 0.1) is 4.90 Å². The van der Waals surface area contributed by atoms with Gasteiger partial charge in [-0.3, -0.25) is 0 Å². The van der Waals surface area contributed by atoms with Gasteiger partial charge >= 0.3 is 0 Å². The predicted molar refractivity (Wildman–Crippen MR) is 70.3 cm³/mol. The molecule has 0 saturated carbocycles. The van der Waals surface area contributed by atoms with Gasteiger partial charge in [0, 0.05) is 6.54 Å². The second-order valence-electron chi connectivity index (χ2n) is 3.62. The van der Waals surface area contributed by atoms with E-state index in [1.54, 1.807) is 36.4 Å². The number of sulfonamides is 1. The van der Waals surface area contributed by atoms with Crippen LogP contribution in [-0.2, 0) is 10.0 Å². The number of hydrogen-bond donors (Lipinski definition) is 1. The molecule has 0 bridgehead atoms. The van der Waals surface area contributed by atoms with E-state index in [1.165, 1.54) is 0 Å². The van der Waals surface area contributed by atoms with Gasteiger partial charge in [-0.25, -0.2) is 13.1 Å². The van der Waals surface area contributed by atoms with Crippen LogP contribution in [0.4, 0.5) is 0 Å². The summed E-state index contributed by atoms with van der Waals surface area (Å²) in [7, 11) is -3.39. The lowest BCUT2D eigenvalue weighted by atomic mass is 10.2. The first-order chi connectivity index (χ1) is 8.06. The third-order valence-electron chi connectivity index (χ3n) is 2.16. The predicted octanol–water partition coefficient (Wildman–Crippen LogP) is 2.41. The molecule has 92 valence electrons. The summed E-state index contributed by atoms with van der Waals surface area (Å²) in [5.74, 6) is 0. The van der Waals surface area contributed by atoms with Gasteiger partial charge in [0.2, 0.25) is 10.0 Å². The zero-order valence-corrected chi connectivity index (χ0v) is 10.9. The molecule has 0 fully saturated rings. The van der Waals surface area contributed by atoms with Gasteiger partial charge in [-0.05, 0) is 26.0 Å². The van der Waals surface area contributed by atoms with Crippen LogP contribution >= 0.6 is 0 Å².